The molecule has 2 aliphatic heterocycles. The zero-order valence-electron chi connectivity index (χ0n) is 44.0. The molecule has 390 valence electrons. The van der Waals surface area contributed by atoms with Crippen LogP contribution in [0.2, 0.25) is 0 Å². The molecule has 2 heterocycles. The topological polar surface area (TPSA) is 139 Å². The maximum Gasteiger partial charge on any atom is 0.407 e. The molecule has 0 aliphatic carbocycles. The molecule has 0 spiro atoms. The van der Waals surface area contributed by atoms with Crippen LogP contribution in [-0.4, -0.2) is 97.8 Å². The molecular weight excluding hydrogens is 899 g/mol. The number of nitrogens with two attached hydrogens (primary N) is 1. The Kier molecular flexibility index (Phi) is 24.6. The fraction of sp³-hybridized carbons (Fsp3) is 0.475. The van der Waals surface area contributed by atoms with Crippen molar-refractivity contribution < 1.29 is 28.9 Å². The van der Waals surface area contributed by atoms with Gasteiger partial charge in [0.2, 0.25) is 0 Å². The summed E-state index contributed by atoms with van der Waals surface area (Å²) in [5.74, 6) is 0.793. The molecule has 0 unspecified atom stereocenters. The Labute approximate surface area is 431 Å². The lowest BCUT2D eigenvalue weighted by Crippen LogP contribution is -2.49. The van der Waals surface area contributed by atoms with Gasteiger partial charge in [-0.1, -0.05) is 193 Å². The molecule has 2 fully saturated rings. The largest absolute Gasteiger partial charge is 0.443 e. The molecule has 7 rings (SSSR count). The fourth-order valence-corrected chi connectivity index (χ4v) is 8.73. The van der Waals surface area contributed by atoms with E-state index in [-0.39, 0.29) is 30.3 Å². The molecule has 2 saturated heterocycles. The van der Waals surface area contributed by atoms with Gasteiger partial charge >= 0.3 is 6.09 Å². The van der Waals surface area contributed by atoms with Crippen molar-refractivity contribution >= 4 is 12.4 Å². The van der Waals surface area contributed by atoms with Crippen molar-refractivity contribution in [3.63, 3.8) is 0 Å². The van der Waals surface area contributed by atoms with E-state index < -0.39 is 18.2 Å². The summed E-state index contributed by atoms with van der Waals surface area (Å²) in [6.07, 6.45) is 2.43. The van der Waals surface area contributed by atoms with E-state index in [1.807, 2.05) is 56.3 Å². The molecule has 11 nitrogen and oxygen atoms in total. The van der Waals surface area contributed by atoms with Gasteiger partial charge in [0.15, 0.2) is 6.29 Å². The minimum Gasteiger partial charge on any atom is -0.443 e. The summed E-state index contributed by atoms with van der Waals surface area (Å²) in [4.78, 5) is 28.4. The van der Waals surface area contributed by atoms with E-state index >= 15 is 0 Å². The molecule has 5 aromatic carbocycles. The molecule has 1 amide bonds. The Morgan fingerprint density at radius 1 is 0.708 bits per heavy atom. The molecule has 0 bridgehead atoms. The van der Waals surface area contributed by atoms with Gasteiger partial charge in [-0.3, -0.25) is 9.80 Å². The van der Waals surface area contributed by atoms with E-state index in [0.717, 1.165) is 77.0 Å². The number of benzene rings is 5. The molecule has 5 atom stereocenters. The first kappa shape index (κ1) is 57.7. The predicted molar refractivity (Wildman–Crippen MR) is 291 cm³/mol. The van der Waals surface area contributed by atoms with Crippen molar-refractivity contribution in [2.75, 3.05) is 45.9 Å². The van der Waals surface area contributed by atoms with Crippen molar-refractivity contribution in [2.45, 2.75) is 118 Å². The molecular formula is C61H85N5O6. The standard InChI is InChI=1S/C24H36N2.C20H25NO.C17H24N2O5/c1-21(2)17-25-20-24(3,4)15-16-26(18-22-11-7-5-8-12-22)19-23-13-9-6-10-14-23;1-20(2,17-22)13-14-21(15-18-9-5-3-6-10-18)16-19-11-7-4-8-12-19;18-9-14(20)13(8-11-4-2-1-3-5-11)19-17(21)24-15-10-23-16-12(15)6-7-22-16/h5-14,21,25H,15-20H2,1-4H3;3-12,17H,13-16H2,1-2H3;1-5,12-16,20H,6-10,18H2,(H,19,21)/t;;12-,13-,14+,15-,16+/m..0/s1. The maximum atomic E-state index is 12.2. The number of aldehydes is 1. The van der Waals surface area contributed by atoms with Gasteiger partial charge in [-0.05, 0) is 84.5 Å². The molecule has 2 aliphatic rings. The lowest BCUT2D eigenvalue weighted by atomic mass is 9.88. The lowest BCUT2D eigenvalue weighted by molar-refractivity contribution is -0.115. The number of hydrogen-bond donors (Lipinski definition) is 4. The summed E-state index contributed by atoms with van der Waals surface area (Å²) in [5.41, 5.74) is 12.0. The highest BCUT2D eigenvalue weighted by Crippen LogP contribution is 2.33. The lowest BCUT2D eigenvalue weighted by Gasteiger charge is -2.30. The van der Waals surface area contributed by atoms with Crippen molar-refractivity contribution in [1.82, 2.24) is 20.4 Å². The van der Waals surface area contributed by atoms with E-state index in [1.165, 1.54) is 28.7 Å². The molecule has 11 heteroatoms. The highest BCUT2D eigenvalue weighted by molar-refractivity contribution is 5.68. The number of carbonyl (C=O) groups excluding carboxylic acids is 2. The van der Waals surface area contributed by atoms with E-state index in [9.17, 15) is 14.7 Å². The number of aliphatic hydroxyl groups excluding tert-OH is 1. The van der Waals surface area contributed by atoms with Crippen LogP contribution in [-0.2, 0) is 51.6 Å². The van der Waals surface area contributed by atoms with Crippen LogP contribution in [0.25, 0.3) is 0 Å². The van der Waals surface area contributed by atoms with Crippen LogP contribution in [0, 0.1) is 22.7 Å². The third kappa shape index (κ3) is 21.9. The van der Waals surface area contributed by atoms with Crippen LogP contribution in [0.15, 0.2) is 152 Å². The second kappa shape index (κ2) is 30.7. The molecule has 0 aromatic heterocycles. The van der Waals surface area contributed by atoms with E-state index in [0.29, 0.717) is 31.0 Å². The number of ether oxygens (including phenoxy) is 3. The summed E-state index contributed by atoms with van der Waals surface area (Å²) in [6.45, 7) is 22.3. The molecule has 72 heavy (non-hydrogen) atoms. The first-order valence-electron chi connectivity index (χ1n) is 26.1. The van der Waals surface area contributed by atoms with E-state index in [4.69, 9.17) is 19.9 Å². The van der Waals surface area contributed by atoms with Gasteiger partial charge < -0.3 is 40.5 Å². The predicted octanol–water partition coefficient (Wildman–Crippen LogP) is 10.1. The Bertz CT molecular complexity index is 2130. The van der Waals surface area contributed by atoms with Gasteiger partial charge in [-0.2, -0.15) is 0 Å². The van der Waals surface area contributed by atoms with Crippen LogP contribution >= 0.6 is 0 Å². The zero-order valence-corrected chi connectivity index (χ0v) is 44.0. The molecule has 0 radical (unpaired) electrons. The first-order valence-corrected chi connectivity index (χ1v) is 26.1. The maximum absolute atomic E-state index is 12.2. The second-order valence-corrected chi connectivity index (χ2v) is 21.4. The van der Waals surface area contributed by atoms with E-state index in [1.54, 1.807) is 0 Å². The number of alkyl carbamates (subject to hydrolysis) is 1. The normalized spacial score (nSPS) is 17.3. The van der Waals surface area contributed by atoms with E-state index in [2.05, 4.69) is 157 Å². The average molecular weight is 984 g/mol. The Balaban J connectivity index is 0.000000201. The number of nitrogens with zero attached hydrogens (tertiary/aromatic N) is 2. The first-order chi connectivity index (χ1) is 34.7. The molecule has 5 aromatic rings. The Morgan fingerprint density at radius 2 is 1.15 bits per heavy atom. The minimum atomic E-state index is -0.847. The van der Waals surface area contributed by atoms with Gasteiger partial charge in [0, 0.05) is 44.7 Å². The number of amides is 1. The number of fused-ring (bicyclic) bond motifs is 1. The van der Waals surface area contributed by atoms with Gasteiger partial charge in [0.05, 0.1) is 31.3 Å². The van der Waals surface area contributed by atoms with Crippen LogP contribution in [0.3, 0.4) is 0 Å². The zero-order chi connectivity index (χ0) is 51.6. The third-order valence-electron chi connectivity index (χ3n) is 13.2. The SMILES string of the molecule is CC(C)(C=O)CCN(Cc1ccccc1)Cc1ccccc1.CC(C)CNCC(C)(C)CCN(Cc1ccccc1)Cc1ccccc1.NC[C@@H](O)[C@H](Cc1ccccc1)NC(=O)O[C@H]1CO[C@H]2OCC[C@H]21. The minimum absolute atomic E-state index is 0.0584. The van der Waals surface area contributed by atoms with Gasteiger partial charge in [0.25, 0.3) is 0 Å². The highest BCUT2D eigenvalue weighted by atomic mass is 16.7. The van der Waals surface area contributed by atoms with Gasteiger partial charge in [0.1, 0.15) is 12.4 Å². The number of hydrogen-bond acceptors (Lipinski definition) is 10. The van der Waals surface area contributed by atoms with Crippen molar-refractivity contribution in [2.24, 2.45) is 28.4 Å². The average Bonchev–Trinajstić information content (AvgIpc) is 4.02. The Hall–Kier alpha value is -5.24. The number of carbonyl (C=O) groups is 2. The summed E-state index contributed by atoms with van der Waals surface area (Å²) in [5, 5.41) is 16.5. The Morgan fingerprint density at radius 3 is 1.58 bits per heavy atom. The van der Waals surface area contributed by atoms with Crippen LogP contribution < -0.4 is 16.4 Å². The summed E-state index contributed by atoms with van der Waals surface area (Å²) >= 11 is 0. The van der Waals surface area contributed by atoms with Crippen molar-refractivity contribution in [3.8, 4) is 0 Å². The summed E-state index contributed by atoms with van der Waals surface area (Å²) in [6, 6.07) is 51.8. The second-order valence-electron chi connectivity index (χ2n) is 21.4. The van der Waals surface area contributed by atoms with Crippen molar-refractivity contribution in [3.05, 3.63) is 179 Å². The fourth-order valence-electron chi connectivity index (χ4n) is 8.73. The molecule has 0 saturated carbocycles. The van der Waals surface area contributed by atoms with Gasteiger partial charge in [-0.15, -0.1) is 0 Å². The molecule has 5 N–H and O–H groups in total. The van der Waals surface area contributed by atoms with Crippen LogP contribution in [0.5, 0.6) is 0 Å². The quantitative estimate of drug-likeness (QED) is 0.0418. The van der Waals surface area contributed by atoms with Crippen LogP contribution in [0.1, 0.15) is 88.6 Å². The summed E-state index contributed by atoms with van der Waals surface area (Å²) < 4.78 is 16.4. The van der Waals surface area contributed by atoms with Gasteiger partial charge in [-0.25, -0.2) is 4.79 Å². The number of aliphatic hydroxyl groups is 1. The highest BCUT2D eigenvalue weighted by Gasteiger charge is 2.44. The van der Waals surface area contributed by atoms with Crippen molar-refractivity contribution in [1.29, 1.82) is 0 Å². The van der Waals surface area contributed by atoms with Crippen LogP contribution in [0.4, 0.5) is 4.79 Å². The summed E-state index contributed by atoms with van der Waals surface area (Å²) in [7, 11) is 0. The smallest absolute Gasteiger partial charge is 0.407 e. The number of nitrogens with one attached hydrogen (secondary N) is 2. The number of rotatable bonds is 25. The third-order valence-corrected chi connectivity index (χ3v) is 13.2. The monoisotopic (exact) mass is 984 g/mol.